The smallest absolute Gasteiger partial charge is 0.228 e. The van der Waals surface area contributed by atoms with Gasteiger partial charge in [0.1, 0.15) is 0 Å². The highest BCUT2D eigenvalue weighted by Crippen LogP contribution is 2.28. The molecule has 30 heavy (non-hydrogen) atoms. The van der Waals surface area contributed by atoms with Crippen molar-refractivity contribution in [1.82, 2.24) is 4.90 Å². The molecule has 3 rings (SSSR count). The lowest BCUT2D eigenvalue weighted by atomic mass is 9.88. The monoisotopic (exact) mass is 409 g/mol. The number of carbonyl (C=O) groups excluding carboxylic acids is 3. The van der Waals surface area contributed by atoms with Gasteiger partial charge in [-0.1, -0.05) is 36.4 Å². The summed E-state index contributed by atoms with van der Waals surface area (Å²) in [5, 5.41) is 0. The molecular formula is C24H27NO5. The zero-order valence-electron chi connectivity index (χ0n) is 17.7. The Labute approximate surface area is 176 Å². The van der Waals surface area contributed by atoms with Crippen LogP contribution in [0.1, 0.15) is 30.9 Å². The fourth-order valence-corrected chi connectivity index (χ4v) is 3.71. The lowest BCUT2D eigenvalue weighted by Crippen LogP contribution is -2.33. The number of Topliss-reactive ketones (excluding diaryl/α,β-unsaturated/α-hetero) is 2. The van der Waals surface area contributed by atoms with E-state index < -0.39 is 0 Å². The van der Waals surface area contributed by atoms with Crippen molar-refractivity contribution in [3.8, 4) is 0 Å². The van der Waals surface area contributed by atoms with E-state index in [9.17, 15) is 14.4 Å². The number of hydrogen-bond acceptors (Lipinski definition) is 5. The third kappa shape index (κ3) is 4.53. The van der Waals surface area contributed by atoms with Crippen LogP contribution >= 0.6 is 0 Å². The van der Waals surface area contributed by atoms with E-state index in [4.69, 9.17) is 9.47 Å². The molecule has 0 N–H and O–H groups in total. The predicted molar refractivity (Wildman–Crippen MR) is 113 cm³/mol. The van der Waals surface area contributed by atoms with Gasteiger partial charge in [-0.15, -0.1) is 0 Å². The van der Waals surface area contributed by atoms with Gasteiger partial charge >= 0.3 is 0 Å². The average molecular weight is 409 g/mol. The van der Waals surface area contributed by atoms with Crippen LogP contribution in [-0.4, -0.2) is 49.7 Å². The first-order valence-electron chi connectivity index (χ1n) is 10.1. The van der Waals surface area contributed by atoms with Gasteiger partial charge in [0, 0.05) is 37.1 Å². The maximum absolute atomic E-state index is 12.8. The molecule has 1 aliphatic carbocycles. The number of nitrogens with zero attached hydrogens (tertiary/aromatic N) is 1. The number of rotatable bonds is 7. The van der Waals surface area contributed by atoms with Gasteiger partial charge in [0.25, 0.3) is 0 Å². The van der Waals surface area contributed by atoms with E-state index in [2.05, 4.69) is 6.08 Å². The van der Waals surface area contributed by atoms with Crippen LogP contribution in [0.5, 0.6) is 0 Å². The first kappa shape index (κ1) is 21.6. The van der Waals surface area contributed by atoms with Crippen LogP contribution in [0.25, 0.3) is 0 Å². The summed E-state index contributed by atoms with van der Waals surface area (Å²) in [4.78, 5) is 39.4. The van der Waals surface area contributed by atoms with E-state index in [1.54, 1.807) is 6.92 Å². The molecule has 0 saturated heterocycles. The van der Waals surface area contributed by atoms with Crippen molar-refractivity contribution in [2.24, 2.45) is 0 Å². The second kappa shape index (κ2) is 9.57. The number of aryl methyl sites for hydroxylation is 1. The Balaban J connectivity index is 1.65. The van der Waals surface area contributed by atoms with E-state index in [0.717, 1.165) is 24.1 Å². The minimum Gasteiger partial charge on any atom is -0.489 e. The summed E-state index contributed by atoms with van der Waals surface area (Å²) >= 11 is 0. The number of benzene rings is 1. The summed E-state index contributed by atoms with van der Waals surface area (Å²) in [6.45, 7) is 3.12. The van der Waals surface area contributed by atoms with Crippen LogP contribution in [0.3, 0.4) is 0 Å². The van der Waals surface area contributed by atoms with Crippen molar-refractivity contribution >= 4 is 17.5 Å². The minimum atomic E-state index is -0.327. The molecule has 1 aliphatic heterocycles. The zero-order valence-corrected chi connectivity index (χ0v) is 17.7. The highest BCUT2D eigenvalue weighted by molar-refractivity contribution is 6.23. The fourth-order valence-electron chi connectivity index (χ4n) is 3.71. The molecule has 0 atom stereocenters. The SMILES string of the molecule is COC1=C(OC)C(=O)C(Cc2ccc(CCC(=O)N3CC=CCC3)cc2)=C(C)C1=O. The van der Waals surface area contributed by atoms with Gasteiger partial charge in [0.15, 0.2) is 0 Å². The van der Waals surface area contributed by atoms with E-state index in [-0.39, 0.29) is 29.0 Å². The number of hydrogen-bond donors (Lipinski definition) is 0. The summed E-state index contributed by atoms with van der Waals surface area (Å²) in [5.74, 6) is -0.578. The molecule has 0 saturated carbocycles. The Morgan fingerprint density at radius 3 is 2.20 bits per heavy atom. The molecule has 1 amide bonds. The highest BCUT2D eigenvalue weighted by Gasteiger charge is 2.34. The van der Waals surface area contributed by atoms with Crippen molar-refractivity contribution < 1.29 is 23.9 Å². The van der Waals surface area contributed by atoms with Gasteiger partial charge in [-0.3, -0.25) is 14.4 Å². The molecule has 1 aromatic rings. The Kier molecular flexibility index (Phi) is 6.87. The average Bonchev–Trinajstić information content (AvgIpc) is 2.78. The standard InChI is InChI=1S/C24H27NO5/c1-16-19(22(28)24(30-3)23(29-2)21(16)27)15-18-9-7-17(8-10-18)11-12-20(26)25-13-5-4-6-14-25/h4-5,7-10H,6,11-15H2,1-3H3. The maximum Gasteiger partial charge on any atom is 0.228 e. The molecule has 6 nitrogen and oxygen atoms in total. The normalized spacial score (nSPS) is 17.0. The molecule has 6 heteroatoms. The predicted octanol–water partition coefficient (Wildman–Crippen LogP) is 2.92. The largest absolute Gasteiger partial charge is 0.489 e. The summed E-state index contributed by atoms with van der Waals surface area (Å²) < 4.78 is 10.2. The molecule has 158 valence electrons. The third-order valence-corrected chi connectivity index (χ3v) is 5.54. The third-order valence-electron chi connectivity index (χ3n) is 5.54. The Hall–Kier alpha value is -3.15. The van der Waals surface area contributed by atoms with Gasteiger partial charge in [0.2, 0.25) is 29.0 Å². The number of allylic oxidation sites excluding steroid dienone is 2. The van der Waals surface area contributed by atoms with Crippen molar-refractivity contribution in [3.05, 3.63) is 70.2 Å². The Morgan fingerprint density at radius 2 is 1.60 bits per heavy atom. The van der Waals surface area contributed by atoms with E-state index in [0.29, 0.717) is 37.0 Å². The van der Waals surface area contributed by atoms with Crippen molar-refractivity contribution in [3.63, 3.8) is 0 Å². The second-order valence-corrected chi connectivity index (χ2v) is 7.42. The van der Waals surface area contributed by atoms with Gasteiger partial charge < -0.3 is 14.4 Å². The topological polar surface area (TPSA) is 72.9 Å². The number of ether oxygens (including phenoxy) is 2. The Bertz CT molecular complexity index is 937. The van der Waals surface area contributed by atoms with Crippen LogP contribution < -0.4 is 0 Å². The molecule has 1 heterocycles. The number of carbonyl (C=O) groups is 3. The molecule has 1 aromatic carbocycles. The number of methoxy groups -OCH3 is 2. The molecule has 0 radical (unpaired) electrons. The van der Waals surface area contributed by atoms with Gasteiger partial charge in [-0.25, -0.2) is 0 Å². The van der Waals surface area contributed by atoms with E-state index in [1.807, 2.05) is 35.2 Å². The van der Waals surface area contributed by atoms with Crippen molar-refractivity contribution in [2.45, 2.75) is 32.6 Å². The second-order valence-electron chi connectivity index (χ2n) is 7.42. The summed E-state index contributed by atoms with van der Waals surface area (Å²) in [7, 11) is 2.71. The minimum absolute atomic E-state index is 0.0482. The van der Waals surface area contributed by atoms with Crippen molar-refractivity contribution in [1.29, 1.82) is 0 Å². The first-order valence-corrected chi connectivity index (χ1v) is 10.1. The van der Waals surface area contributed by atoms with Gasteiger partial charge in [0.05, 0.1) is 14.2 Å². The molecule has 0 aromatic heterocycles. The van der Waals surface area contributed by atoms with E-state index >= 15 is 0 Å². The van der Waals surface area contributed by atoms with Crippen molar-refractivity contribution in [2.75, 3.05) is 27.3 Å². The molecule has 0 bridgehead atoms. The number of ketones is 2. The quantitative estimate of drug-likeness (QED) is 0.511. The van der Waals surface area contributed by atoms with Crippen LogP contribution in [-0.2, 0) is 36.7 Å². The Morgan fingerprint density at radius 1 is 0.967 bits per heavy atom. The molecule has 0 spiro atoms. The zero-order chi connectivity index (χ0) is 21.7. The van der Waals surface area contributed by atoms with Crippen LogP contribution in [0.2, 0.25) is 0 Å². The van der Waals surface area contributed by atoms with E-state index in [1.165, 1.54) is 14.2 Å². The van der Waals surface area contributed by atoms with Crippen LogP contribution in [0.4, 0.5) is 0 Å². The van der Waals surface area contributed by atoms with Gasteiger partial charge in [-0.05, 0) is 30.9 Å². The summed E-state index contributed by atoms with van der Waals surface area (Å²) in [6, 6.07) is 7.81. The lowest BCUT2D eigenvalue weighted by Gasteiger charge is -2.23. The summed E-state index contributed by atoms with van der Waals surface area (Å²) in [6.07, 6.45) is 6.54. The van der Waals surface area contributed by atoms with Crippen LogP contribution in [0.15, 0.2) is 59.1 Å². The summed E-state index contributed by atoms with van der Waals surface area (Å²) in [5.41, 5.74) is 2.77. The van der Waals surface area contributed by atoms with Gasteiger partial charge in [-0.2, -0.15) is 0 Å². The molecular weight excluding hydrogens is 382 g/mol. The molecule has 2 aliphatic rings. The lowest BCUT2D eigenvalue weighted by molar-refractivity contribution is -0.130. The maximum atomic E-state index is 12.8. The first-order chi connectivity index (χ1) is 14.5. The molecule has 0 unspecified atom stereocenters. The number of amides is 1. The highest BCUT2D eigenvalue weighted by atomic mass is 16.5. The van der Waals surface area contributed by atoms with Crippen LogP contribution in [0, 0.1) is 0 Å². The molecule has 0 fully saturated rings. The fraction of sp³-hybridized carbons (Fsp3) is 0.375.